The summed E-state index contributed by atoms with van der Waals surface area (Å²) in [7, 11) is 0. The van der Waals surface area contributed by atoms with Crippen LogP contribution >= 0.6 is 11.8 Å². The number of nitrogens with one attached hydrogen (secondary N) is 1. The van der Waals surface area contributed by atoms with Crippen molar-refractivity contribution in [3.8, 4) is 0 Å². The van der Waals surface area contributed by atoms with E-state index >= 15 is 0 Å². The normalized spacial score (nSPS) is 15.2. The molecule has 1 aliphatic rings. The predicted molar refractivity (Wildman–Crippen MR) is 99.5 cm³/mol. The summed E-state index contributed by atoms with van der Waals surface area (Å²) in [5.41, 5.74) is 8.63. The molecule has 24 heavy (non-hydrogen) atoms. The van der Waals surface area contributed by atoms with Crippen molar-refractivity contribution in [2.24, 2.45) is 0 Å². The molecule has 2 aromatic carbocycles. The summed E-state index contributed by atoms with van der Waals surface area (Å²) in [4.78, 5) is 1.23. The van der Waals surface area contributed by atoms with Crippen LogP contribution in [0.25, 0.3) is 17.2 Å². The molecule has 0 spiro atoms. The second kappa shape index (κ2) is 7.34. The lowest BCUT2D eigenvalue weighted by molar-refractivity contribution is 0.169. The summed E-state index contributed by atoms with van der Waals surface area (Å²) >= 11 is 1.72. The summed E-state index contributed by atoms with van der Waals surface area (Å²) in [6, 6.07) is 13.3. The second-order valence-electron chi connectivity index (χ2n) is 5.78. The number of thioether (sulfide) groups is 1. The summed E-state index contributed by atoms with van der Waals surface area (Å²) in [5, 5.41) is 8.90. The van der Waals surface area contributed by atoms with Gasteiger partial charge in [-0.2, -0.15) is 0 Å². The molecular formula is C20H20FNOS. The van der Waals surface area contributed by atoms with Gasteiger partial charge in [0.1, 0.15) is 5.82 Å². The van der Waals surface area contributed by atoms with E-state index in [-0.39, 0.29) is 5.82 Å². The van der Waals surface area contributed by atoms with E-state index in [1.165, 1.54) is 11.0 Å². The molecule has 0 radical (unpaired) electrons. The zero-order chi connectivity index (χ0) is 17.1. The van der Waals surface area contributed by atoms with Crippen molar-refractivity contribution < 1.29 is 9.60 Å². The highest BCUT2D eigenvalue weighted by Crippen LogP contribution is 2.43. The fourth-order valence-corrected chi connectivity index (χ4v) is 3.53. The smallest absolute Gasteiger partial charge is 0.123 e. The van der Waals surface area contributed by atoms with Crippen LogP contribution in [0.3, 0.4) is 0 Å². The number of hydrogen-bond acceptors (Lipinski definition) is 3. The average Bonchev–Trinajstić information content (AvgIpc) is 2.85. The Labute approximate surface area is 146 Å². The molecule has 0 atom stereocenters. The summed E-state index contributed by atoms with van der Waals surface area (Å²) in [5.74, 6) is -0.235. The van der Waals surface area contributed by atoms with Gasteiger partial charge in [-0.1, -0.05) is 18.2 Å². The Morgan fingerprint density at radius 1 is 1.12 bits per heavy atom. The molecule has 0 bridgehead atoms. The minimum atomic E-state index is -0.235. The third-order valence-corrected chi connectivity index (χ3v) is 5.11. The number of hydrogen-bond donors (Lipinski definition) is 2. The Kier molecular flexibility index (Phi) is 5.19. The number of allylic oxidation sites excluding steroid dienone is 2. The first-order chi connectivity index (χ1) is 11.6. The summed E-state index contributed by atoms with van der Waals surface area (Å²) < 4.78 is 13.7. The Morgan fingerprint density at radius 2 is 1.88 bits per heavy atom. The van der Waals surface area contributed by atoms with Crippen LogP contribution in [0.5, 0.6) is 0 Å². The van der Waals surface area contributed by atoms with Crippen molar-refractivity contribution in [2.75, 3.05) is 12.8 Å². The molecule has 0 aromatic heterocycles. The summed E-state index contributed by atoms with van der Waals surface area (Å²) in [6.07, 6.45) is 4.86. The third kappa shape index (κ3) is 3.31. The van der Waals surface area contributed by atoms with Crippen molar-refractivity contribution in [3.05, 3.63) is 70.5 Å². The van der Waals surface area contributed by atoms with Crippen LogP contribution in [0.2, 0.25) is 0 Å². The molecule has 0 unspecified atom stereocenters. The molecule has 0 aliphatic heterocycles. The van der Waals surface area contributed by atoms with Gasteiger partial charge in [0, 0.05) is 11.4 Å². The molecular weight excluding hydrogens is 321 g/mol. The first-order valence-corrected chi connectivity index (χ1v) is 9.09. The predicted octanol–water partition coefficient (Wildman–Crippen LogP) is 5.24. The molecule has 2 N–H and O–H groups in total. The standard InChI is InChI=1S/C20H20FNOS/c1-13-17(9-10-22-23)20-12-15(21)5-8-18(20)19(13)11-14-3-6-16(24-2)7-4-14/h3-8,11-12,22-23H,9-10H2,1-2H3. The quantitative estimate of drug-likeness (QED) is 0.576. The maximum Gasteiger partial charge on any atom is 0.123 e. The van der Waals surface area contributed by atoms with E-state index in [2.05, 4.69) is 49.0 Å². The van der Waals surface area contributed by atoms with Gasteiger partial charge in [-0.15, -0.1) is 11.8 Å². The van der Waals surface area contributed by atoms with E-state index in [0.717, 1.165) is 33.4 Å². The SMILES string of the molecule is CSc1ccc(C=C2C(C)=C(CCNO)c3cc(F)ccc32)cc1. The second-order valence-corrected chi connectivity index (χ2v) is 6.66. The molecule has 0 saturated carbocycles. The van der Waals surface area contributed by atoms with Gasteiger partial charge < -0.3 is 5.21 Å². The maximum atomic E-state index is 13.7. The maximum absolute atomic E-state index is 13.7. The van der Waals surface area contributed by atoms with E-state index < -0.39 is 0 Å². The van der Waals surface area contributed by atoms with Crippen LogP contribution in [-0.4, -0.2) is 18.0 Å². The van der Waals surface area contributed by atoms with Crippen LogP contribution < -0.4 is 5.48 Å². The van der Waals surface area contributed by atoms with Crippen molar-refractivity contribution >= 4 is 29.0 Å². The van der Waals surface area contributed by atoms with Gasteiger partial charge in [0.15, 0.2) is 0 Å². The lowest BCUT2D eigenvalue weighted by Crippen LogP contribution is -2.09. The van der Waals surface area contributed by atoms with Gasteiger partial charge in [-0.3, -0.25) is 0 Å². The molecule has 0 fully saturated rings. The zero-order valence-electron chi connectivity index (χ0n) is 13.8. The van der Waals surface area contributed by atoms with Crippen LogP contribution in [0, 0.1) is 5.82 Å². The Hall–Kier alpha value is -1.88. The van der Waals surface area contributed by atoms with E-state index in [9.17, 15) is 4.39 Å². The molecule has 1 aliphatic carbocycles. The highest BCUT2D eigenvalue weighted by Gasteiger charge is 2.23. The topological polar surface area (TPSA) is 32.3 Å². The molecule has 3 rings (SSSR count). The molecule has 0 heterocycles. The Morgan fingerprint density at radius 3 is 2.54 bits per heavy atom. The van der Waals surface area contributed by atoms with Crippen molar-refractivity contribution in [1.82, 2.24) is 5.48 Å². The summed E-state index contributed by atoms with van der Waals surface area (Å²) in [6.45, 7) is 2.50. The highest BCUT2D eigenvalue weighted by atomic mass is 32.2. The van der Waals surface area contributed by atoms with Crippen molar-refractivity contribution in [1.29, 1.82) is 0 Å². The fraction of sp³-hybridized carbons (Fsp3) is 0.200. The van der Waals surface area contributed by atoms with Crippen LogP contribution in [0.4, 0.5) is 4.39 Å². The lowest BCUT2D eigenvalue weighted by Gasteiger charge is -2.05. The Bertz CT molecular complexity index is 809. The van der Waals surface area contributed by atoms with Gasteiger partial charge in [-0.05, 0) is 83.4 Å². The van der Waals surface area contributed by atoms with Gasteiger partial charge >= 0.3 is 0 Å². The average molecular weight is 341 g/mol. The zero-order valence-corrected chi connectivity index (χ0v) is 14.6. The van der Waals surface area contributed by atoms with Crippen molar-refractivity contribution in [2.45, 2.75) is 18.2 Å². The number of benzene rings is 2. The largest absolute Gasteiger partial charge is 0.317 e. The third-order valence-electron chi connectivity index (χ3n) is 4.37. The van der Waals surface area contributed by atoms with Crippen molar-refractivity contribution in [3.63, 3.8) is 0 Å². The van der Waals surface area contributed by atoms with Gasteiger partial charge in [0.05, 0.1) is 0 Å². The number of rotatable bonds is 5. The number of halogens is 1. The molecule has 2 aromatic rings. The van der Waals surface area contributed by atoms with E-state index in [1.54, 1.807) is 17.8 Å². The minimum Gasteiger partial charge on any atom is -0.317 e. The Balaban J connectivity index is 2.06. The molecule has 4 heteroatoms. The van der Waals surface area contributed by atoms with E-state index in [1.807, 2.05) is 6.07 Å². The first kappa shape index (κ1) is 17.0. The lowest BCUT2D eigenvalue weighted by atomic mass is 10.0. The van der Waals surface area contributed by atoms with Gasteiger partial charge in [0.25, 0.3) is 0 Å². The van der Waals surface area contributed by atoms with Crippen LogP contribution in [-0.2, 0) is 0 Å². The first-order valence-electron chi connectivity index (χ1n) is 7.87. The highest BCUT2D eigenvalue weighted by molar-refractivity contribution is 7.98. The van der Waals surface area contributed by atoms with E-state index in [4.69, 9.17) is 5.21 Å². The van der Waals surface area contributed by atoms with E-state index in [0.29, 0.717) is 13.0 Å². The molecule has 0 amide bonds. The van der Waals surface area contributed by atoms with Gasteiger partial charge in [0.2, 0.25) is 0 Å². The number of hydroxylamine groups is 1. The minimum absolute atomic E-state index is 0.235. The fourth-order valence-electron chi connectivity index (χ4n) is 3.12. The molecule has 124 valence electrons. The van der Waals surface area contributed by atoms with Crippen LogP contribution in [0.15, 0.2) is 52.9 Å². The van der Waals surface area contributed by atoms with Crippen LogP contribution in [0.1, 0.15) is 30.0 Å². The number of fused-ring (bicyclic) bond motifs is 1. The monoisotopic (exact) mass is 341 g/mol. The molecule has 0 saturated heterocycles. The molecule has 2 nitrogen and oxygen atoms in total. The van der Waals surface area contributed by atoms with Gasteiger partial charge in [-0.25, -0.2) is 9.87 Å².